The highest BCUT2D eigenvalue weighted by Crippen LogP contribution is 2.40. The first kappa shape index (κ1) is 20.2. The fourth-order valence-electron chi connectivity index (χ4n) is 4.03. The number of likely N-dealkylation sites (tertiary alicyclic amines) is 1. The van der Waals surface area contributed by atoms with Crippen molar-refractivity contribution in [1.29, 1.82) is 0 Å². The van der Waals surface area contributed by atoms with Gasteiger partial charge in [0.05, 0.1) is 0 Å². The molecule has 1 aromatic heterocycles. The molecule has 0 spiro atoms. The van der Waals surface area contributed by atoms with Gasteiger partial charge >= 0.3 is 0 Å². The molecule has 2 aromatic rings. The van der Waals surface area contributed by atoms with Crippen LogP contribution < -0.4 is 9.47 Å². The Morgan fingerprint density at radius 2 is 1.83 bits per heavy atom. The Morgan fingerprint density at radius 1 is 1.14 bits per heavy atom. The summed E-state index contributed by atoms with van der Waals surface area (Å²) >= 11 is 0. The summed E-state index contributed by atoms with van der Waals surface area (Å²) in [5.74, 6) is 1.12. The van der Waals surface area contributed by atoms with Gasteiger partial charge in [-0.2, -0.15) is 0 Å². The Labute approximate surface area is 172 Å². The number of hydrogen-bond acceptors (Lipinski definition) is 6. The Bertz CT molecular complexity index is 951. The first-order valence-corrected chi connectivity index (χ1v) is 11.8. The van der Waals surface area contributed by atoms with E-state index in [1.807, 2.05) is 24.3 Å². The molecule has 1 fully saturated rings. The molecule has 2 atom stereocenters. The van der Waals surface area contributed by atoms with Crippen molar-refractivity contribution in [2.75, 3.05) is 13.1 Å². The van der Waals surface area contributed by atoms with Gasteiger partial charge in [-0.15, -0.1) is 0 Å². The molecular weight excluding hydrogens is 388 g/mol. The molecule has 4 rings (SSSR count). The third kappa shape index (κ3) is 3.98. The van der Waals surface area contributed by atoms with Gasteiger partial charge in [-0.25, -0.2) is 13.4 Å². The lowest BCUT2D eigenvalue weighted by Gasteiger charge is -2.34. The number of hydrogen-bond donors (Lipinski definition) is 0. The number of fused-ring (bicyclic) bond motifs is 1. The van der Waals surface area contributed by atoms with E-state index in [9.17, 15) is 8.42 Å². The molecule has 29 heavy (non-hydrogen) atoms. The fraction of sp³-hybridized carbons (Fsp3) is 0.500. The van der Waals surface area contributed by atoms with Crippen molar-refractivity contribution in [3.8, 4) is 11.5 Å². The second kappa shape index (κ2) is 7.95. The molecule has 6 nitrogen and oxygen atoms in total. The zero-order valence-corrected chi connectivity index (χ0v) is 17.9. The molecule has 0 radical (unpaired) electrons. The fourth-order valence-corrected chi connectivity index (χ4v) is 5.52. The van der Waals surface area contributed by atoms with Crippen LogP contribution >= 0.6 is 0 Å². The number of benzene rings is 1. The van der Waals surface area contributed by atoms with Crippen LogP contribution in [0.5, 0.6) is 11.5 Å². The van der Waals surface area contributed by atoms with Crippen molar-refractivity contribution in [2.24, 2.45) is 0 Å². The van der Waals surface area contributed by atoms with Gasteiger partial charge in [0.2, 0.25) is 9.84 Å². The van der Waals surface area contributed by atoms with Gasteiger partial charge in [-0.05, 0) is 63.4 Å². The molecule has 3 heterocycles. The van der Waals surface area contributed by atoms with Crippen LogP contribution in [-0.4, -0.2) is 48.8 Å². The second-order valence-electron chi connectivity index (χ2n) is 8.11. The van der Waals surface area contributed by atoms with Gasteiger partial charge in [0.25, 0.3) is 0 Å². The van der Waals surface area contributed by atoms with Crippen molar-refractivity contribution in [3.63, 3.8) is 0 Å². The average molecular weight is 417 g/mol. The highest BCUT2D eigenvalue weighted by atomic mass is 32.2. The van der Waals surface area contributed by atoms with Gasteiger partial charge in [0.1, 0.15) is 23.2 Å². The maximum Gasteiger partial charge on any atom is 0.205 e. The highest BCUT2D eigenvalue weighted by molar-refractivity contribution is 7.92. The molecule has 0 bridgehead atoms. The predicted molar refractivity (Wildman–Crippen MR) is 111 cm³/mol. The van der Waals surface area contributed by atoms with E-state index in [2.05, 4.69) is 23.7 Å². The summed E-state index contributed by atoms with van der Waals surface area (Å²) < 4.78 is 37.8. The molecule has 0 aliphatic carbocycles. The molecule has 2 aliphatic rings. The molecule has 7 heteroatoms. The Kier molecular flexibility index (Phi) is 5.53. The molecule has 2 unspecified atom stereocenters. The lowest BCUT2D eigenvalue weighted by atomic mass is 10.1. The highest BCUT2D eigenvalue weighted by Gasteiger charge is 2.41. The van der Waals surface area contributed by atoms with Gasteiger partial charge in [0, 0.05) is 25.3 Å². The van der Waals surface area contributed by atoms with Crippen molar-refractivity contribution in [1.82, 2.24) is 9.88 Å². The van der Waals surface area contributed by atoms with E-state index in [-0.39, 0.29) is 11.1 Å². The summed E-state index contributed by atoms with van der Waals surface area (Å²) in [5.41, 5.74) is 0.817. The third-order valence-corrected chi connectivity index (χ3v) is 7.97. The van der Waals surface area contributed by atoms with Crippen LogP contribution in [0.15, 0.2) is 47.6 Å². The molecule has 1 aromatic carbocycles. The van der Waals surface area contributed by atoms with Crippen LogP contribution in [0.1, 0.15) is 45.3 Å². The van der Waals surface area contributed by atoms with Crippen molar-refractivity contribution in [3.05, 3.63) is 48.2 Å². The van der Waals surface area contributed by atoms with E-state index in [4.69, 9.17) is 9.47 Å². The van der Waals surface area contributed by atoms with Crippen LogP contribution in [0.25, 0.3) is 0 Å². The number of aromatic nitrogens is 1. The Balaban J connectivity index is 1.46. The number of ether oxygens (including phenoxy) is 2. The van der Waals surface area contributed by atoms with Gasteiger partial charge in [-0.1, -0.05) is 12.1 Å². The van der Waals surface area contributed by atoms with Crippen LogP contribution in [0.2, 0.25) is 0 Å². The largest absolute Gasteiger partial charge is 0.490 e. The lowest BCUT2D eigenvalue weighted by molar-refractivity contribution is 0.0842. The molecular formula is C22H28N2O4S. The third-order valence-electron chi connectivity index (χ3n) is 5.89. The minimum absolute atomic E-state index is 0.0245. The predicted octanol–water partition coefficient (Wildman–Crippen LogP) is 3.63. The SMILES string of the molecule is CC(C)N1CCC(Oc2ccc(C3Oc4cccnc4S(=O)(=O)C3C)cc2)CC1. The standard InChI is InChI=1S/C22H28N2O4S/c1-15(2)24-13-10-19(11-14-24)27-18-8-6-17(7-9-18)21-16(3)29(25,26)22-20(28-21)5-4-12-23-22/h4-9,12,15-16,19,21H,10-11,13-14H2,1-3H3. The first-order chi connectivity index (χ1) is 13.9. The monoisotopic (exact) mass is 416 g/mol. The van der Waals surface area contributed by atoms with Gasteiger partial charge in [-0.3, -0.25) is 0 Å². The van der Waals surface area contributed by atoms with Crippen LogP contribution in [-0.2, 0) is 9.84 Å². The molecule has 0 saturated carbocycles. The summed E-state index contributed by atoms with van der Waals surface area (Å²) in [6.45, 7) is 8.23. The number of rotatable bonds is 4. The molecule has 2 aliphatic heterocycles. The number of nitrogens with zero attached hydrogens (tertiary/aromatic N) is 2. The number of pyridine rings is 1. The molecule has 0 amide bonds. The summed E-state index contributed by atoms with van der Waals surface area (Å²) in [5, 5.41) is -0.687. The lowest BCUT2D eigenvalue weighted by Crippen LogP contribution is -2.41. The van der Waals surface area contributed by atoms with E-state index in [0.29, 0.717) is 11.8 Å². The van der Waals surface area contributed by atoms with E-state index in [1.165, 1.54) is 6.20 Å². The Hall–Kier alpha value is -2.12. The topological polar surface area (TPSA) is 68.7 Å². The van der Waals surface area contributed by atoms with Crippen molar-refractivity contribution in [2.45, 2.75) is 62.1 Å². The molecule has 0 N–H and O–H groups in total. The van der Waals surface area contributed by atoms with Crippen molar-refractivity contribution < 1.29 is 17.9 Å². The zero-order chi connectivity index (χ0) is 20.6. The minimum atomic E-state index is -3.54. The van der Waals surface area contributed by atoms with E-state index in [0.717, 1.165) is 37.2 Å². The number of piperidine rings is 1. The summed E-state index contributed by atoms with van der Waals surface area (Å²) in [6.07, 6.45) is 3.17. The van der Waals surface area contributed by atoms with Crippen LogP contribution in [0.4, 0.5) is 0 Å². The van der Waals surface area contributed by atoms with E-state index < -0.39 is 21.2 Å². The Morgan fingerprint density at radius 3 is 2.48 bits per heavy atom. The summed E-state index contributed by atoms with van der Waals surface area (Å²) in [6, 6.07) is 11.5. The van der Waals surface area contributed by atoms with E-state index >= 15 is 0 Å². The summed E-state index contributed by atoms with van der Waals surface area (Å²) in [7, 11) is -3.54. The minimum Gasteiger partial charge on any atom is -0.490 e. The molecule has 156 valence electrons. The summed E-state index contributed by atoms with van der Waals surface area (Å²) in [4.78, 5) is 6.48. The van der Waals surface area contributed by atoms with Gasteiger partial charge in [0.15, 0.2) is 10.8 Å². The first-order valence-electron chi connectivity index (χ1n) is 10.2. The zero-order valence-electron chi connectivity index (χ0n) is 17.1. The maximum atomic E-state index is 12.8. The van der Waals surface area contributed by atoms with Crippen LogP contribution in [0.3, 0.4) is 0 Å². The molecule has 1 saturated heterocycles. The van der Waals surface area contributed by atoms with Gasteiger partial charge < -0.3 is 14.4 Å². The van der Waals surface area contributed by atoms with E-state index in [1.54, 1.807) is 19.1 Å². The smallest absolute Gasteiger partial charge is 0.205 e. The second-order valence-corrected chi connectivity index (χ2v) is 10.3. The number of sulfone groups is 1. The maximum absolute atomic E-state index is 12.8. The van der Waals surface area contributed by atoms with Crippen molar-refractivity contribution >= 4 is 9.84 Å². The quantitative estimate of drug-likeness (QED) is 0.758. The van der Waals surface area contributed by atoms with Crippen LogP contribution in [0, 0.1) is 0 Å². The average Bonchev–Trinajstić information content (AvgIpc) is 2.72. The normalized spacial score (nSPS) is 24.7.